The number of aryl methyl sites for hydroxylation is 1. The van der Waals surface area contributed by atoms with Gasteiger partial charge in [-0.3, -0.25) is 4.79 Å². The number of amides is 1. The largest absolute Gasteiger partial charge is 0.362 e. The molecule has 1 rings (SSSR count). The lowest BCUT2D eigenvalue weighted by Gasteiger charge is -2.27. The molecule has 0 spiro atoms. The molecule has 1 aromatic rings. The Bertz CT molecular complexity index is 443. The van der Waals surface area contributed by atoms with Gasteiger partial charge in [-0.15, -0.1) is 0 Å². The number of carbonyl (C=O) groups excluding carboxylic acids is 1. The van der Waals surface area contributed by atoms with Crippen LogP contribution in [0.4, 0.5) is 5.69 Å². The summed E-state index contributed by atoms with van der Waals surface area (Å²) in [6.45, 7) is 4.08. The average Bonchev–Trinajstić information content (AvgIpc) is 2.40. The quantitative estimate of drug-likeness (QED) is 0.421. The molecule has 0 saturated heterocycles. The van der Waals surface area contributed by atoms with E-state index in [9.17, 15) is 4.79 Å². The number of hydrogen-bond donors (Lipinski definition) is 2. The Labute approximate surface area is 141 Å². The number of anilines is 1. The van der Waals surface area contributed by atoms with Crippen molar-refractivity contribution < 1.29 is 4.79 Å². The number of benzene rings is 1. The summed E-state index contributed by atoms with van der Waals surface area (Å²) in [5.41, 5.74) is 1.92. The molecular formula is C15H21Cl3N2O. The molecule has 0 radical (unpaired) electrons. The molecule has 1 amide bonds. The monoisotopic (exact) mass is 350 g/mol. The van der Waals surface area contributed by atoms with E-state index in [0.717, 1.165) is 30.5 Å². The molecule has 0 fully saturated rings. The van der Waals surface area contributed by atoms with Crippen molar-refractivity contribution in [1.29, 1.82) is 0 Å². The number of hydrogen-bond acceptors (Lipinski definition) is 2. The van der Waals surface area contributed by atoms with Crippen LogP contribution < -0.4 is 10.6 Å². The van der Waals surface area contributed by atoms with Gasteiger partial charge in [0.15, 0.2) is 0 Å². The molecule has 0 aliphatic rings. The lowest BCUT2D eigenvalue weighted by atomic mass is 10.2. The minimum absolute atomic E-state index is 0.126. The maximum Gasteiger partial charge on any atom is 0.228 e. The van der Waals surface area contributed by atoms with Crippen LogP contribution in [0.25, 0.3) is 0 Å². The van der Waals surface area contributed by atoms with E-state index >= 15 is 0 Å². The zero-order chi connectivity index (χ0) is 15.9. The highest BCUT2D eigenvalue weighted by Gasteiger charge is 2.33. The van der Waals surface area contributed by atoms with Crippen LogP contribution in [0, 0.1) is 6.92 Å². The van der Waals surface area contributed by atoms with Crippen LogP contribution in [0.5, 0.6) is 0 Å². The predicted molar refractivity (Wildman–Crippen MR) is 91.2 cm³/mol. The Morgan fingerprint density at radius 3 is 2.33 bits per heavy atom. The molecule has 6 heteroatoms. The van der Waals surface area contributed by atoms with Crippen molar-refractivity contribution in [3.8, 4) is 0 Å². The Balaban J connectivity index is 2.64. The van der Waals surface area contributed by atoms with Gasteiger partial charge in [-0.05, 0) is 25.5 Å². The first kappa shape index (κ1) is 18.4. The minimum atomic E-state index is -1.63. The average molecular weight is 352 g/mol. The molecule has 0 heterocycles. The first-order valence-corrected chi connectivity index (χ1v) is 8.15. The van der Waals surface area contributed by atoms with Crippen LogP contribution in [-0.4, -0.2) is 15.9 Å². The van der Waals surface area contributed by atoms with Crippen molar-refractivity contribution in [2.24, 2.45) is 0 Å². The van der Waals surface area contributed by atoms with Gasteiger partial charge in [0.25, 0.3) is 0 Å². The van der Waals surface area contributed by atoms with Gasteiger partial charge in [-0.1, -0.05) is 72.3 Å². The molecule has 0 saturated carbocycles. The van der Waals surface area contributed by atoms with Crippen LogP contribution in [0.3, 0.4) is 0 Å². The maximum atomic E-state index is 11.9. The van der Waals surface area contributed by atoms with Gasteiger partial charge in [-0.2, -0.15) is 0 Å². The first-order chi connectivity index (χ1) is 9.82. The summed E-state index contributed by atoms with van der Waals surface area (Å²) in [7, 11) is 0. The molecule has 1 aromatic carbocycles. The van der Waals surface area contributed by atoms with E-state index in [1.165, 1.54) is 0 Å². The van der Waals surface area contributed by atoms with Gasteiger partial charge in [0.05, 0.1) is 0 Å². The topological polar surface area (TPSA) is 41.1 Å². The third-order valence-electron chi connectivity index (χ3n) is 3.00. The van der Waals surface area contributed by atoms with Crippen molar-refractivity contribution in [3.63, 3.8) is 0 Å². The highest BCUT2D eigenvalue weighted by atomic mass is 35.6. The number of alkyl halides is 3. The van der Waals surface area contributed by atoms with Crippen molar-refractivity contribution in [2.45, 2.75) is 49.5 Å². The van der Waals surface area contributed by atoms with E-state index in [0.29, 0.717) is 6.42 Å². The summed E-state index contributed by atoms with van der Waals surface area (Å²) in [5.74, 6) is -0.126. The molecule has 0 aliphatic carbocycles. The standard InChI is InChI=1S/C15H21Cl3N2O/c1-3-4-5-6-13(21)20-14(15(16,17)18)19-12-9-7-11(2)8-10-12/h7-10,14,19H,3-6H2,1-2H3,(H,20,21)/t14-/m0/s1. The zero-order valence-electron chi connectivity index (χ0n) is 12.3. The Morgan fingerprint density at radius 1 is 1.19 bits per heavy atom. The fraction of sp³-hybridized carbons (Fsp3) is 0.533. The Morgan fingerprint density at radius 2 is 1.81 bits per heavy atom. The number of rotatable bonds is 7. The van der Waals surface area contributed by atoms with E-state index in [1.807, 2.05) is 31.2 Å². The zero-order valence-corrected chi connectivity index (χ0v) is 14.5. The van der Waals surface area contributed by atoms with Gasteiger partial charge >= 0.3 is 0 Å². The van der Waals surface area contributed by atoms with E-state index in [-0.39, 0.29) is 5.91 Å². The molecule has 21 heavy (non-hydrogen) atoms. The van der Waals surface area contributed by atoms with Crippen LogP contribution >= 0.6 is 34.8 Å². The molecule has 0 unspecified atom stereocenters. The second-order valence-corrected chi connectivity index (χ2v) is 7.38. The van der Waals surface area contributed by atoms with Crippen LogP contribution in [0.1, 0.15) is 38.2 Å². The maximum absolute atomic E-state index is 11.9. The second kappa shape index (κ2) is 8.72. The second-order valence-electron chi connectivity index (χ2n) is 5.01. The molecule has 0 aromatic heterocycles. The van der Waals surface area contributed by atoms with E-state index < -0.39 is 9.96 Å². The highest BCUT2D eigenvalue weighted by molar-refractivity contribution is 6.68. The van der Waals surface area contributed by atoms with Crippen molar-refractivity contribution in [2.75, 3.05) is 5.32 Å². The number of halogens is 3. The summed E-state index contributed by atoms with van der Waals surface area (Å²) in [4.78, 5) is 11.9. The molecule has 0 aliphatic heterocycles. The number of nitrogens with one attached hydrogen (secondary N) is 2. The van der Waals surface area contributed by atoms with E-state index in [2.05, 4.69) is 17.6 Å². The van der Waals surface area contributed by atoms with Gasteiger partial charge in [-0.25, -0.2) is 0 Å². The molecule has 1 atom stereocenters. The number of carbonyl (C=O) groups is 1. The van der Waals surface area contributed by atoms with Crippen molar-refractivity contribution >= 4 is 46.4 Å². The van der Waals surface area contributed by atoms with Crippen molar-refractivity contribution in [3.05, 3.63) is 29.8 Å². The fourth-order valence-electron chi connectivity index (χ4n) is 1.78. The summed E-state index contributed by atoms with van der Waals surface area (Å²) in [5, 5.41) is 5.77. The van der Waals surface area contributed by atoms with Crippen molar-refractivity contribution in [1.82, 2.24) is 5.32 Å². The first-order valence-electron chi connectivity index (χ1n) is 7.02. The normalized spacial score (nSPS) is 12.8. The smallest absolute Gasteiger partial charge is 0.228 e. The molecule has 2 N–H and O–H groups in total. The summed E-state index contributed by atoms with van der Waals surface area (Å²) in [6.07, 6.45) is 2.56. The van der Waals surface area contributed by atoms with Crippen LogP contribution in [0.2, 0.25) is 0 Å². The van der Waals surface area contributed by atoms with Gasteiger partial charge in [0.2, 0.25) is 9.70 Å². The molecule has 3 nitrogen and oxygen atoms in total. The highest BCUT2D eigenvalue weighted by Crippen LogP contribution is 2.31. The third kappa shape index (κ3) is 7.25. The van der Waals surface area contributed by atoms with Crippen LogP contribution in [0.15, 0.2) is 24.3 Å². The summed E-state index contributed by atoms with van der Waals surface area (Å²) in [6, 6.07) is 7.64. The van der Waals surface area contributed by atoms with Gasteiger partial charge < -0.3 is 10.6 Å². The number of unbranched alkanes of at least 4 members (excludes halogenated alkanes) is 2. The predicted octanol–water partition coefficient (Wildman–Crippen LogP) is 4.80. The van der Waals surface area contributed by atoms with Gasteiger partial charge in [0, 0.05) is 12.1 Å². The Hall–Kier alpha value is -0.640. The van der Waals surface area contributed by atoms with Crippen LogP contribution in [-0.2, 0) is 4.79 Å². The fourth-order valence-corrected chi connectivity index (χ4v) is 2.11. The molecular weight excluding hydrogens is 331 g/mol. The summed E-state index contributed by atoms with van der Waals surface area (Å²) < 4.78 is -1.63. The SMILES string of the molecule is CCCCCC(=O)N[C@H](Nc1ccc(C)cc1)C(Cl)(Cl)Cl. The lowest BCUT2D eigenvalue weighted by Crippen LogP contribution is -2.49. The molecule has 118 valence electrons. The van der Waals surface area contributed by atoms with E-state index in [1.54, 1.807) is 0 Å². The van der Waals surface area contributed by atoms with E-state index in [4.69, 9.17) is 34.8 Å². The minimum Gasteiger partial charge on any atom is -0.362 e. The summed E-state index contributed by atoms with van der Waals surface area (Å²) >= 11 is 17.8. The molecule has 0 bridgehead atoms. The van der Waals surface area contributed by atoms with Gasteiger partial charge in [0.1, 0.15) is 6.17 Å². The lowest BCUT2D eigenvalue weighted by molar-refractivity contribution is -0.121. The third-order valence-corrected chi connectivity index (χ3v) is 3.66. The Kier molecular flexibility index (Phi) is 7.64.